The van der Waals surface area contributed by atoms with Crippen LogP contribution in [0, 0.1) is 5.92 Å². The lowest BCUT2D eigenvalue weighted by atomic mass is 10.0. The molecule has 0 saturated heterocycles. The van der Waals surface area contributed by atoms with Gasteiger partial charge in [-0.3, -0.25) is 4.79 Å². The zero-order chi connectivity index (χ0) is 15.4. The van der Waals surface area contributed by atoms with Crippen molar-refractivity contribution in [1.82, 2.24) is 5.32 Å². The maximum atomic E-state index is 11.9. The molecule has 1 amide bonds. The van der Waals surface area contributed by atoms with E-state index in [4.69, 9.17) is 26.8 Å². The van der Waals surface area contributed by atoms with Crippen molar-refractivity contribution in [2.45, 2.75) is 32.9 Å². The van der Waals surface area contributed by atoms with Crippen LogP contribution in [0.15, 0.2) is 12.1 Å². The lowest BCUT2D eigenvalue weighted by Gasteiger charge is -2.20. The van der Waals surface area contributed by atoms with E-state index in [1.165, 1.54) is 0 Å². The minimum atomic E-state index is -0.488. The Labute approximate surface area is 141 Å². The summed E-state index contributed by atoms with van der Waals surface area (Å²) in [5, 5.41) is 3.31. The first-order valence-corrected chi connectivity index (χ1v) is 7.46. The van der Waals surface area contributed by atoms with Crippen molar-refractivity contribution in [3.63, 3.8) is 0 Å². The molecule has 0 bridgehead atoms. The highest BCUT2D eigenvalue weighted by atomic mass is 35.5. The molecule has 5 nitrogen and oxygen atoms in total. The molecule has 1 aliphatic heterocycles. The van der Waals surface area contributed by atoms with E-state index >= 15 is 0 Å². The van der Waals surface area contributed by atoms with Crippen molar-refractivity contribution in [2.24, 2.45) is 11.7 Å². The number of benzene rings is 1. The minimum absolute atomic E-state index is 0. The SMILES string of the molecule is CC(C)C[C@H](N)C(=O)NCc1cc(Cl)c2c(c1)OCCO2.Cl. The van der Waals surface area contributed by atoms with E-state index < -0.39 is 6.04 Å². The summed E-state index contributed by atoms with van der Waals surface area (Å²) in [5.41, 5.74) is 6.70. The van der Waals surface area contributed by atoms with Crippen molar-refractivity contribution in [3.05, 3.63) is 22.7 Å². The highest BCUT2D eigenvalue weighted by Gasteiger charge is 2.18. The number of fused-ring (bicyclic) bond motifs is 1. The number of nitrogens with two attached hydrogens (primary N) is 1. The number of halogens is 2. The maximum Gasteiger partial charge on any atom is 0.237 e. The number of hydrogen-bond donors (Lipinski definition) is 2. The van der Waals surface area contributed by atoms with Crippen LogP contribution in [-0.2, 0) is 11.3 Å². The van der Waals surface area contributed by atoms with Gasteiger partial charge in [0.2, 0.25) is 5.91 Å². The highest BCUT2D eigenvalue weighted by molar-refractivity contribution is 6.32. The van der Waals surface area contributed by atoms with Crippen molar-refractivity contribution < 1.29 is 14.3 Å². The molecular formula is C15H22Cl2N2O3. The number of nitrogens with one attached hydrogen (secondary N) is 1. The Bertz CT molecular complexity index is 524. The topological polar surface area (TPSA) is 73.6 Å². The lowest BCUT2D eigenvalue weighted by Crippen LogP contribution is -2.41. The van der Waals surface area contributed by atoms with Gasteiger partial charge in [-0.25, -0.2) is 0 Å². The molecule has 7 heteroatoms. The van der Waals surface area contributed by atoms with Crippen LogP contribution in [-0.4, -0.2) is 25.2 Å². The molecule has 1 aliphatic rings. The third-order valence-corrected chi connectivity index (χ3v) is 3.47. The fourth-order valence-electron chi connectivity index (χ4n) is 2.20. The van der Waals surface area contributed by atoms with E-state index in [0.29, 0.717) is 48.6 Å². The number of carbonyl (C=O) groups is 1. The second-order valence-corrected chi connectivity index (χ2v) is 5.96. The zero-order valence-electron chi connectivity index (χ0n) is 12.7. The first-order chi connectivity index (χ1) is 9.97. The van der Waals surface area contributed by atoms with Crippen LogP contribution in [0.5, 0.6) is 11.5 Å². The monoisotopic (exact) mass is 348 g/mol. The molecule has 22 heavy (non-hydrogen) atoms. The molecular weight excluding hydrogens is 327 g/mol. The Balaban J connectivity index is 0.00000242. The number of rotatable bonds is 5. The molecule has 1 aromatic carbocycles. The average Bonchev–Trinajstić information content (AvgIpc) is 2.44. The molecule has 2 rings (SSSR count). The lowest BCUT2D eigenvalue weighted by molar-refractivity contribution is -0.122. The van der Waals surface area contributed by atoms with Gasteiger partial charge in [0.1, 0.15) is 13.2 Å². The Hall–Kier alpha value is -1.17. The van der Waals surface area contributed by atoms with Gasteiger partial charge < -0.3 is 20.5 Å². The molecule has 0 saturated carbocycles. The van der Waals surface area contributed by atoms with E-state index in [-0.39, 0.29) is 18.3 Å². The van der Waals surface area contributed by atoms with Gasteiger partial charge in [-0.05, 0) is 30.0 Å². The zero-order valence-corrected chi connectivity index (χ0v) is 14.3. The van der Waals surface area contributed by atoms with E-state index in [9.17, 15) is 4.79 Å². The van der Waals surface area contributed by atoms with Crippen molar-refractivity contribution >= 4 is 29.9 Å². The third kappa shape index (κ3) is 4.93. The van der Waals surface area contributed by atoms with Gasteiger partial charge in [0.15, 0.2) is 11.5 Å². The van der Waals surface area contributed by atoms with Crippen LogP contribution in [0.1, 0.15) is 25.8 Å². The average molecular weight is 349 g/mol. The van der Waals surface area contributed by atoms with Gasteiger partial charge >= 0.3 is 0 Å². The summed E-state index contributed by atoms with van der Waals surface area (Å²) in [6, 6.07) is 3.11. The van der Waals surface area contributed by atoms with Crippen molar-refractivity contribution in [3.8, 4) is 11.5 Å². The van der Waals surface area contributed by atoms with E-state index in [1.807, 2.05) is 19.9 Å². The summed E-state index contributed by atoms with van der Waals surface area (Å²) >= 11 is 6.15. The largest absolute Gasteiger partial charge is 0.486 e. The first-order valence-electron chi connectivity index (χ1n) is 7.08. The van der Waals surface area contributed by atoms with Gasteiger partial charge in [-0.1, -0.05) is 25.4 Å². The Morgan fingerprint density at radius 1 is 1.36 bits per heavy atom. The second-order valence-electron chi connectivity index (χ2n) is 5.56. The quantitative estimate of drug-likeness (QED) is 0.857. The Morgan fingerprint density at radius 2 is 2.05 bits per heavy atom. The normalized spacial score (nSPS) is 14.2. The number of hydrogen-bond acceptors (Lipinski definition) is 4. The van der Waals surface area contributed by atoms with Crippen LogP contribution < -0.4 is 20.5 Å². The molecule has 0 spiro atoms. The van der Waals surface area contributed by atoms with E-state index in [1.54, 1.807) is 6.07 Å². The summed E-state index contributed by atoms with van der Waals surface area (Å²) in [7, 11) is 0. The molecule has 1 heterocycles. The van der Waals surface area contributed by atoms with Crippen molar-refractivity contribution in [1.29, 1.82) is 0 Å². The summed E-state index contributed by atoms with van der Waals surface area (Å²) in [6.45, 7) is 5.42. The van der Waals surface area contributed by atoms with Gasteiger partial charge in [-0.15, -0.1) is 12.4 Å². The summed E-state index contributed by atoms with van der Waals surface area (Å²) in [4.78, 5) is 11.9. The fourth-order valence-corrected chi connectivity index (χ4v) is 2.49. The molecule has 3 N–H and O–H groups in total. The van der Waals surface area contributed by atoms with Crippen LogP contribution >= 0.6 is 24.0 Å². The van der Waals surface area contributed by atoms with Crippen LogP contribution in [0.4, 0.5) is 0 Å². The van der Waals surface area contributed by atoms with Crippen LogP contribution in [0.3, 0.4) is 0 Å². The van der Waals surface area contributed by atoms with Crippen LogP contribution in [0.25, 0.3) is 0 Å². The highest BCUT2D eigenvalue weighted by Crippen LogP contribution is 2.38. The molecule has 0 fully saturated rings. The van der Waals surface area contributed by atoms with Crippen LogP contribution in [0.2, 0.25) is 5.02 Å². The van der Waals surface area contributed by atoms with E-state index in [2.05, 4.69) is 5.32 Å². The molecule has 0 aliphatic carbocycles. The number of ether oxygens (including phenoxy) is 2. The van der Waals surface area contributed by atoms with Gasteiger partial charge in [0.25, 0.3) is 0 Å². The summed E-state index contributed by atoms with van der Waals surface area (Å²) in [5.74, 6) is 1.41. The molecule has 0 unspecified atom stereocenters. The molecule has 1 aromatic rings. The molecule has 0 aromatic heterocycles. The smallest absolute Gasteiger partial charge is 0.237 e. The number of carbonyl (C=O) groups excluding carboxylic acids is 1. The number of amides is 1. The Kier molecular flexibility index (Phi) is 7.26. The summed E-state index contributed by atoms with van der Waals surface area (Å²) < 4.78 is 11.0. The first kappa shape index (κ1) is 18.9. The predicted octanol–water partition coefficient (Wildman–Crippen LogP) is 2.52. The standard InChI is InChI=1S/C15H21ClN2O3.ClH/c1-9(2)5-12(17)15(19)18-8-10-6-11(16)14-13(7-10)20-3-4-21-14;/h6-7,9,12H,3-5,8,17H2,1-2H3,(H,18,19);1H/t12-;/m0./s1. The van der Waals surface area contributed by atoms with E-state index in [0.717, 1.165) is 5.56 Å². The fraction of sp³-hybridized carbons (Fsp3) is 0.533. The third-order valence-electron chi connectivity index (χ3n) is 3.19. The second kappa shape index (κ2) is 8.46. The summed E-state index contributed by atoms with van der Waals surface area (Å²) in [6.07, 6.45) is 0.660. The maximum absolute atomic E-state index is 11.9. The predicted molar refractivity (Wildman–Crippen MR) is 89.0 cm³/mol. The Morgan fingerprint density at radius 3 is 2.73 bits per heavy atom. The van der Waals surface area contributed by atoms with Gasteiger partial charge in [0.05, 0.1) is 11.1 Å². The minimum Gasteiger partial charge on any atom is -0.486 e. The van der Waals surface area contributed by atoms with Gasteiger partial charge in [0, 0.05) is 6.54 Å². The van der Waals surface area contributed by atoms with Gasteiger partial charge in [-0.2, -0.15) is 0 Å². The molecule has 0 radical (unpaired) electrons. The van der Waals surface area contributed by atoms with Crippen molar-refractivity contribution in [2.75, 3.05) is 13.2 Å². The molecule has 124 valence electrons. The molecule has 1 atom stereocenters.